The van der Waals surface area contributed by atoms with Gasteiger partial charge in [-0.2, -0.15) is 0 Å². The lowest BCUT2D eigenvalue weighted by Gasteiger charge is -2.19. The Morgan fingerprint density at radius 1 is 1.22 bits per heavy atom. The number of hydrogen-bond acceptors (Lipinski definition) is 5. The maximum Gasteiger partial charge on any atom is 0.273 e. The van der Waals surface area contributed by atoms with Gasteiger partial charge in [0.05, 0.1) is 0 Å². The van der Waals surface area contributed by atoms with Gasteiger partial charge >= 0.3 is 0 Å². The highest BCUT2D eigenvalue weighted by molar-refractivity contribution is 7.14. The molecule has 1 aliphatic rings. The van der Waals surface area contributed by atoms with Crippen molar-refractivity contribution in [2.24, 2.45) is 0 Å². The summed E-state index contributed by atoms with van der Waals surface area (Å²) in [7, 11) is 2.10. The summed E-state index contributed by atoms with van der Waals surface area (Å²) in [4.78, 5) is 21.3. The molecule has 0 atom stereocenters. The van der Waals surface area contributed by atoms with Gasteiger partial charge in [-0.25, -0.2) is 4.98 Å². The summed E-state index contributed by atoms with van der Waals surface area (Å²) in [6, 6.07) is 8.06. The van der Waals surface area contributed by atoms with E-state index in [9.17, 15) is 4.79 Å². The van der Waals surface area contributed by atoms with Crippen LogP contribution in [-0.4, -0.2) is 53.9 Å². The second kappa shape index (κ2) is 7.10. The van der Waals surface area contributed by atoms with E-state index in [0.29, 0.717) is 5.69 Å². The summed E-state index contributed by atoms with van der Waals surface area (Å²) in [6.45, 7) is 5.59. The number of benzene rings is 1. The maximum absolute atomic E-state index is 12.6. The van der Waals surface area contributed by atoms with Crippen LogP contribution in [0, 0.1) is 6.92 Å². The molecule has 5 nitrogen and oxygen atoms in total. The number of amides is 1. The molecule has 6 heteroatoms. The zero-order valence-electron chi connectivity index (χ0n) is 13.6. The van der Waals surface area contributed by atoms with Gasteiger partial charge in [-0.05, 0) is 38.6 Å². The number of nitrogens with one attached hydrogen (secondary N) is 1. The minimum atomic E-state index is 0.0365. The smallest absolute Gasteiger partial charge is 0.273 e. The number of likely N-dealkylation sites (N-methyl/N-ethyl adjacent to an activating group) is 1. The predicted molar refractivity (Wildman–Crippen MR) is 94.6 cm³/mol. The molecule has 1 saturated heterocycles. The number of rotatable bonds is 3. The minimum absolute atomic E-state index is 0.0365. The van der Waals surface area contributed by atoms with E-state index in [4.69, 9.17) is 0 Å². The maximum atomic E-state index is 12.6. The molecule has 1 aromatic heterocycles. The topological polar surface area (TPSA) is 48.5 Å². The Hall–Kier alpha value is -1.92. The quantitative estimate of drug-likeness (QED) is 0.940. The summed E-state index contributed by atoms with van der Waals surface area (Å²) < 4.78 is 0. The normalized spacial score (nSPS) is 16.2. The van der Waals surface area contributed by atoms with Gasteiger partial charge in [0.1, 0.15) is 5.69 Å². The van der Waals surface area contributed by atoms with E-state index in [1.54, 1.807) is 0 Å². The third kappa shape index (κ3) is 3.89. The summed E-state index contributed by atoms with van der Waals surface area (Å²) in [5.74, 6) is 0.0365. The standard InChI is InChI=1S/C17H22N4OS/c1-13-6-3-4-7-14(13)18-17-19-15(12-23-17)16(22)21-9-5-8-20(2)10-11-21/h3-4,6-7,12H,5,8-11H2,1-2H3,(H,18,19). The first-order chi connectivity index (χ1) is 11.1. The largest absolute Gasteiger partial charge is 0.336 e. The van der Waals surface area contributed by atoms with Crippen molar-refractivity contribution in [1.29, 1.82) is 0 Å². The van der Waals surface area contributed by atoms with Crippen LogP contribution in [0.1, 0.15) is 22.5 Å². The molecule has 0 saturated carbocycles. The minimum Gasteiger partial charge on any atom is -0.336 e. The Kier molecular flexibility index (Phi) is 4.93. The van der Waals surface area contributed by atoms with Crippen molar-refractivity contribution in [3.63, 3.8) is 0 Å². The van der Waals surface area contributed by atoms with Gasteiger partial charge in [0, 0.05) is 30.7 Å². The van der Waals surface area contributed by atoms with E-state index in [2.05, 4.69) is 35.2 Å². The first-order valence-electron chi connectivity index (χ1n) is 7.89. The third-order valence-electron chi connectivity index (χ3n) is 4.12. The monoisotopic (exact) mass is 330 g/mol. The van der Waals surface area contributed by atoms with E-state index in [1.807, 2.05) is 28.5 Å². The number of nitrogens with zero attached hydrogens (tertiary/aromatic N) is 3. The van der Waals surface area contributed by atoms with Crippen LogP contribution in [0.3, 0.4) is 0 Å². The number of aryl methyl sites for hydroxylation is 1. The molecule has 1 N–H and O–H groups in total. The Labute approximate surface area is 140 Å². The second-order valence-corrected chi connectivity index (χ2v) is 6.78. The lowest BCUT2D eigenvalue weighted by Crippen LogP contribution is -2.34. The lowest BCUT2D eigenvalue weighted by atomic mass is 10.2. The summed E-state index contributed by atoms with van der Waals surface area (Å²) in [5.41, 5.74) is 2.72. The second-order valence-electron chi connectivity index (χ2n) is 5.93. The molecule has 1 aromatic carbocycles. The van der Waals surface area contributed by atoms with Gasteiger partial charge in [-0.3, -0.25) is 4.79 Å². The van der Waals surface area contributed by atoms with Gasteiger partial charge in [-0.1, -0.05) is 18.2 Å². The van der Waals surface area contributed by atoms with Crippen molar-refractivity contribution in [1.82, 2.24) is 14.8 Å². The number of aromatic nitrogens is 1. The molecule has 0 radical (unpaired) electrons. The van der Waals surface area contributed by atoms with Gasteiger partial charge in [0.2, 0.25) is 0 Å². The zero-order valence-corrected chi connectivity index (χ0v) is 14.4. The molecule has 1 fully saturated rings. The van der Waals surface area contributed by atoms with Gasteiger partial charge in [-0.15, -0.1) is 11.3 Å². The van der Waals surface area contributed by atoms with Crippen molar-refractivity contribution < 1.29 is 4.79 Å². The molecular weight excluding hydrogens is 308 g/mol. The SMILES string of the molecule is Cc1ccccc1Nc1nc(C(=O)N2CCCN(C)CC2)cs1. The van der Waals surface area contributed by atoms with E-state index >= 15 is 0 Å². The summed E-state index contributed by atoms with van der Waals surface area (Å²) in [5, 5.41) is 5.90. The molecule has 0 bridgehead atoms. The average Bonchev–Trinajstić information content (AvgIpc) is 2.90. The molecule has 0 unspecified atom stereocenters. The first-order valence-corrected chi connectivity index (χ1v) is 8.77. The van der Waals surface area contributed by atoms with Crippen LogP contribution in [0.15, 0.2) is 29.6 Å². The van der Waals surface area contributed by atoms with Gasteiger partial charge in [0.25, 0.3) is 5.91 Å². The fourth-order valence-corrected chi connectivity index (χ4v) is 3.37. The highest BCUT2D eigenvalue weighted by Crippen LogP contribution is 2.24. The number of para-hydroxylation sites is 1. The van der Waals surface area contributed by atoms with Crippen molar-refractivity contribution in [3.05, 3.63) is 40.9 Å². The number of carbonyl (C=O) groups is 1. The molecule has 3 rings (SSSR count). The number of thiazole rings is 1. The summed E-state index contributed by atoms with van der Waals surface area (Å²) >= 11 is 1.47. The van der Waals surface area contributed by atoms with Crippen LogP contribution < -0.4 is 5.32 Å². The zero-order chi connectivity index (χ0) is 16.2. The van der Waals surface area contributed by atoms with Crippen LogP contribution in [0.2, 0.25) is 0 Å². The van der Waals surface area contributed by atoms with E-state index < -0.39 is 0 Å². The molecule has 0 aliphatic carbocycles. The van der Waals surface area contributed by atoms with Crippen molar-refractivity contribution in [2.45, 2.75) is 13.3 Å². The predicted octanol–water partition coefficient (Wildman–Crippen LogP) is 2.97. The highest BCUT2D eigenvalue weighted by atomic mass is 32.1. The molecule has 23 heavy (non-hydrogen) atoms. The van der Waals surface area contributed by atoms with E-state index in [1.165, 1.54) is 11.3 Å². The Morgan fingerprint density at radius 2 is 2.04 bits per heavy atom. The van der Waals surface area contributed by atoms with Crippen molar-refractivity contribution in [2.75, 3.05) is 38.5 Å². The fraction of sp³-hybridized carbons (Fsp3) is 0.412. The molecule has 2 heterocycles. The number of hydrogen-bond donors (Lipinski definition) is 1. The van der Waals surface area contributed by atoms with E-state index in [-0.39, 0.29) is 5.91 Å². The Bertz CT molecular complexity index is 685. The number of anilines is 2. The van der Waals surface area contributed by atoms with Crippen LogP contribution in [0.25, 0.3) is 0 Å². The number of carbonyl (C=O) groups excluding carboxylic acids is 1. The first kappa shape index (κ1) is 16.0. The fourth-order valence-electron chi connectivity index (χ4n) is 2.67. The van der Waals surface area contributed by atoms with Gasteiger partial charge < -0.3 is 15.1 Å². The Balaban J connectivity index is 1.69. The van der Waals surface area contributed by atoms with Crippen LogP contribution in [-0.2, 0) is 0 Å². The van der Waals surface area contributed by atoms with Crippen LogP contribution in [0.4, 0.5) is 10.8 Å². The van der Waals surface area contributed by atoms with Crippen molar-refractivity contribution >= 4 is 28.1 Å². The molecule has 0 spiro atoms. The average molecular weight is 330 g/mol. The molecule has 1 aliphatic heterocycles. The van der Waals surface area contributed by atoms with Gasteiger partial charge in [0.15, 0.2) is 5.13 Å². The van der Waals surface area contributed by atoms with Crippen LogP contribution in [0.5, 0.6) is 0 Å². The molecule has 2 aromatic rings. The molecule has 122 valence electrons. The highest BCUT2D eigenvalue weighted by Gasteiger charge is 2.21. The van der Waals surface area contributed by atoms with Crippen molar-refractivity contribution in [3.8, 4) is 0 Å². The summed E-state index contributed by atoms with van der Waals surface area (Å²) in [6.07, 6.45) is 1.01. The molecular formula is C17H22N4OS. The lowest BCUT2D eigenvalue weighted by molar-refractivity contribution is 0.0758. The third-order valence-corrected chi connectivity index (χ3v) is 4.87. The van der Waals surface area contributed by atoms with E-state index in [0.717, 1.165) is 49.0 Å². The Morgan fingerprint density at radius 3 is 2.87 bits per heavy atom. The molecule has 1 amide bonds. The van der Waals surface area contributed by atoms with Crippen LogP contribution >= 0.6 is 11.3 Å².